The summed E-state index contributed by atoms with van der Waals surface area (Å²) in [6.07, 6.45) is 2.40. The third-order valence-electron chi connectivity index (χ3n) is 4.31. The summed E-state index contributed by atoms with van der Waals surface area (Å²) in [5.74, 6) is 2.13. The monoisotopic (exact) mass is 154 g/mol. The van der Waals surface area contributed by atoms with Gasteiger partial charge in [-0.15, -0.1) is 0 Å². The molecule has 3 fully saturated rings. The van der Waals surface area contributed by atoms with Crippen LogP contribution in [0, 0.1) is 23.2 Å². The van der Waals surface area contributed by atoms with Gasteiger partial charge >= 0.3 is 0 Å². The summed E-state index contributed by atoms with van der Waals surface area (Å²) in [6, 6.07) is 0. The zero-order valence-electron chi connectivity index (χ0n) is 7.67. The third-order valence-corrected chi connectivity index (χ3v) is 4.31. The van der Waals surface area contributed by atoms with Gasteiger partial charge in [0.15, 0.2) is 0 Å². The highest BCUT2D eigenvalue weighted by molar-refractivity contribution is 5.04. The highest BCUT2D eigenvalue weighted by Crippen LogP contribution is 2.61. The highest BCUT2D eigenvalue weighted by Gasteiger charge is 2.55. The van der Waals surface area contributed by atoms with Gasteiger partial charge in [0.05, 0.1) is 6.10 Å². The average Bonchev–Trinajstić information content (AvgIpc) is 1.93. The Bertz CT molecular complexity index is 174. The smallest absolute Gasteiger partial charge is 0.0571 e. The van der Waals surface area contributed by atoms with Crippen molar-refractivity contribution in [3.63, 3.8) is 0 Å². The molecule has 0 aliphatic heterocycles. The molecule has 0 amide bonds. The van der Waals surface area contributed by atoms with E-state index < -0.39 is 0 Å². The lowest BCUT2D eigenvalue weighted by molar-refractivity contribution is -0.154. The molecule has 3 saturated carbocycles. The Morgan fingerprint density at radius 2 is 1.91 bits per heavy atom. The molecule has 0 aromatic heterocycles. The molecule has 0 spiro atoms. The Labute approximate surface area is 68.8 Å². The van der Waals surface area contributed by atoms with Crippen molar-refractivity contribution in [3.05, 3.63) is 0 Å². The van der Waals surface area contributed by atoms with Gasteiger partial charge in [0.2, 0.25) is 0 Å². The molecule has 3 rings (SSSR count). The molecular formula is C10H18O. The van der Waals surface area contributed by atoms with Crippen molar-refractivity contribution < 1.29 is 5.11 Å². The van der Waals surface area contributed by atoms with Crippen LogP contribution in [0.4, 0.5) is 0 Å². The largest absolute Gasteiger partial charge is 0.393 e. The lowest BCUT2D eigenvalue weighted by atomic mass is 9.45. The first-order valence-electron chi connectivity index (χ1n) is 4.71. The zero-order chi connectivity index (χ0) is 8.22. The van der Waals surface area contributed by atoms with Crippen LogP contribution in [0.2, 0.25) is 0 Å². The maximum atomic E-state index is 9.61. The van der Waals surface area contributed by atoms with Crippen molar-refractivity contribution >= 4 is 0 Å². The minimum absolute atomic E-state index is 0.00762. The van der Waals surface area contributed by atoms with Gasteiger partial charge in [-0.1, -0.05) is 20.8 Å². The number of hydrogen-bond donors (Lipinski definition) is 1. The van der Waals surface area contributed by atoms with E-state index in [1.54, 1.807) is 0 Å². The molecular weight excluding hydrogens is 136 g/mol. The first-order chi connectivity index (χ1) is 5.03. The molecule has 3 aliphatic rings. The van der Waals surface area contributed by atoms with Gasteiger partial charge < -0.3 is 5.11 Å². The number of hydrogen-bond acceptors (Lipinski definition) is 1. The lowest BCUT2D eigenvalue weighted by Gasteiger charge is -2.61. The Morgan fingerprint density at radius 3 is 2.27 bits per heavy atom. The Morgan fingerprint density at radius 1 is 1.27 bits per heavy atom. The lowest BCUT2D eigenvalue weighted by Crippen LogP contribution is -2.56. The van der Waals surface area contributed by atoms with Crippen LogP contribution in [-0.2, 0) is 0 Å². The van der Waals surface area contributed by atoms with Crippen LogP contribution in [0.3, 0.4) is 0 Å². The topological polar surface area (TPSA) is 20.2 Å². The predicted octanol–water partition coefficient (Wildman–Crippen LogP) is 2.05. The molecule has 3 aliphatic carbocycles. The molecule has 64 valence electrons. The first kappa shape index (κ1) is 7.60. The van der Waals surface area contributed by atoms with Gasteiger partial charge in [-0.2, -0.15) is 0 Å². The Balaban J connectivity index is 2.17. The molecule has 2 bridgehead atoms. The predicted molar refractivity (Wildman–Crippen MR) is 45.2 cm³/mol. The quantitative estimate of drug-likeness (QED) is 0.566. The fraction of sp³-hybridized carbons (Fsp3) is 1.00. The molecule has 0 heterocycles. The summed E-state index contributed by atoms with van der Waals surface area (Å²) in [4.78, 5) is 0. The fourth-order valence-corrected chi connectivity index (χ4v) is 3.12. The van der Waals surface area contributed by atoms with E-state index in [1.165, 1.54) is 6.42 Å². The van der Waals surface area contributed by atoms with Gasteiger partial charge in [-0.3, -0.25) is 0 Å². The molecule has 4 atom stereocenters. The summed E-state index contributed by atoms with van der Waals surface area (Å²) in [5.41, 5.74) is 0.526. The molecule has 0 radical (unpaired) electrons. The van der Waals surface area contributed by atoms with Gasteiger partial charge in [0.1, 0.15) is 0 Å². The standard InChI is InChI=1S/C10H18O/c1-6-8-4-7(5-9(6)11)10(8,2)3/h6-9,11H,4-5H2,1-3H3/t6-,7-,8+,9+/m0/s1. The summed E-state index contributed by atoms with van der Waals surface area (Å²) < 4.78 is 0. The van der Waals surface area contributed by atoms with Gasteiger partial charge in [0.25, 0.3) is 0 Å². The van der Waals surface area contributed by atoms with Crippen LogP contribution in [0.1, 0.15) is 33.6 Å². The summed E-state index contributed by atoms with van der Waals surface area (Å²) in [7, 11) is 0. The molecule has 1 N–H and O–H groups in total. The second kappa shape index (κ2) is 2.01. The molecule has 1 heteroatoms. The van der Waals surface area contributed by atoms with Crippen LogP contribution in [-0.4, -0.2) is 11.2 Å². The Kier molecular flexibility index (Phi) is 1.39. The van der Waals surface area contributed by atoms with Crippen LogP contribution in [0.15, 0.2) is 0 Å². The fourth-order valence-electron chi connectivity index (χ4n) is 3.12. The van der Waals surface area contributed by atoms with Crippen molar-refractivity contribution in [1.29, 1.82) is 0 Å². The van der Waals surface area contributed by atoms with Crippen molar-refractivity contribution in [2.75, 3.05) is 0 Å². The number of aliphatic hydroxyl groups excluding tert-OH is 1. The number of rotatable bonds is 0. The van der Waals surface area contributed by atoms with Crippen molar-refractivity contribution in [1.82, 2.24) is 0 Å². The first-order valence-corrected chi connectivity index (χ1v) is 4.71. The molecule has 1 nitrogen and oxygen atoms in total. The molecule has 0 unspecified atom stereocenters. The van der Waals surface area contributed by atoms with Crippen molar-refractivity contribution in [3.8, 4) is 0 Å². The SMILES string of the molecule is C[C@@H]1[C@H](O)C[C@@H]2C[C@H]1C2(C)C. The van der Waals surface area contributed by atoms with Crippen molar-refractivity contribution in [2.24, 2.45) is 23.2 Å². The minimum Gasteiger partial charge on any atom is -0.393 e. The van der Waals surface area contributed by atoms with Crippen LogP contribution < -0.4 is 0 Å². The summed E-state index contributed by atoms with van der Waals surface area (Å²) in [6.45, 7) is 6.91. The van der Waals surface area contributed by atoms with Crippen molar-refractivity contribution in [2.45, 2.75) is 39.7 Å². The van der Waals surface area contributed by atoms with Gasteiger partial charge in [0, 0.05) is 0 Å². The maximum Gasteiger partial charge on any atom is 0.0571 e. The van der Waals surface area contributed by atoms with E-state index >= 15 is 0 Å². The van der Waals surface area contributed by atoms with E-state index in [0.29, 0.717) is 11.3 Å². The Hall–Kier alpha value is -0.0400. The van der Waals surface area contributed by atoms with Gasteiger partial charge in [-0.25, -0.2) is 0 Å². The van der Waals surface area contributed by atoms with E-state index in [9.17, 15) is 5.11 Å². The third kappa shape index (κ3) is 0.807. The zero-order valence-corrected chi connectivity index (χ0v) is 7.67. The average molecular weight is 154 g/mol. The molecule has 0 saturated heterocycles. The normalized spacial score (nSPS) is 53.5. The minimum atomic E-state index is -0.00762. The van der Waals surface area contributed by atoms with Crippen LogP contribution >= 0.6 is 0 Å². The number of aliphatic hydroxyl groups is 1. The summed E-state index contributed by atoms with van der Waals surface area (Å²) in [5, 5.41) is 9.61. The van der Waals surface area contributed by atoms with E-state index in [4.69, 9.17) is 0 Å². The van der Waals surface area contributed by atoms with Crippen LogP contribution in [0.25, 0.3) is 0 Å². The second-order valence-corrected chi connectivity index (χ2v) is 5.02. The highest BCUT2D eigenvalue weighted by atomic mass is 16.3. The molecule has 11 heavy (non-hydrogen) atoms. The van der Waals surface area contributed by atoms with E-state index in [0.717, 1.165) is 18.3 Å². The maximum absolute atomic E-state index is 9.61. The van der Waals surface area contributed by atoms with E-state index in [1.807, 2.05) is 0 Å². The second-order valence-electron chi connectivity index (χ2n) is 5.02. The molecule has 0 aromatic rings. The van der Waals surface area contributed by atoms with Gasteiger partial charge in [-0.05, 0) is 36.0 Å². The van der Waals surface area contributed by atoms with E-state index in [2.05, 4.69) is 20.8 Å². The number of fused-ring (bicyclic) bond motifs is 2. The van der Waals surface area contributed by atoms with Crippen LogP contribution in [0.5, 0.6) is 0 Å². The molecule has 0 aromatic carbocycles. The van der Waals surface area contributed by atoms with E-state index in [-0.39, 0.29) is 6.10 Å². The summed E-state index contributed by atoms with van der Waals surface area (Å²) >= 11 is 0.